The molecule has 0 N–H and O–H groups in total. The molecule has 1 aromatic carbocycles. The summed E-state index contributed by atoms with van der Waals surface area (Å²) in [7, 11) is 0. The number of aromatic nitrogens is 1. The first-order valence-corrected chi connectivity index (χ1v) is 6.92. The van der Waals surface area contributed by atoms with Crippen molar-refractivity contribution in [2.24, 2.45) is 0 Å². The SMILES string of the molecule is C=CC(=O)OCc1ccc(Sc2cncs2)cc1. The molecule has 92 valence electrons. The van der Waals surface area contributed by atoms with Gasteiger partial charge in [0.2, 0.25) is 0 Å². The third kappa shape index (κ3) is 3.72. The number of esters is 1. The fourth-order valence-corrected chi connectivity index (χ4v) is 2.81. The maximum absolute atomic E-state index is 10.9. The third-order valence-corrected chi connectivity index (χ3v) is 4.02. The quantitative estimate of drug-likeness (QED) is 0.619. The molecule has 0 saturated heterocycles. The fourth-order valence-electron chi connectivity index (χ4n) is 1.24. The lowest BCUT2D eigenvalue weighted by Gasteiger charge is -2.03. The number of carbonyl (C=O) groups is 1. The summed E-state index contributed by atoms with van der Waals surface area (Å²) in [6.07, 6.45) is 3.00. The van der Waals surface area contributed by atoms with Crippen molar-refractivity contribution in [1.82, 2.24) is 4.98 Å². The second-order valence-corrected chi connectivity index (χ2v) is 5.64. The van der Waals surface area contributed by atoms with Crippen LogP contribution in [0.3, 0.4) is 0 Å². The highest BCUT2D eigenvalue weighted by Crippen LogP contribution is 2.30. The highest BCUT2D eigenvalue weighted by atomic mass is 32.2. The summed E-state index contributed by atoms with van der Waals surface area (Å²) >= 11 is 3.27. The van der Waals surface area contributed by atoms with Crippen molar-refractivity contribution in [2.75, 3.05) is 0 Å². The number of hydrogen-bond acceptors (Lipinski definition) is 5. The van der Waals surface area contributed by atoms with Gasteiger partial charge in [-0.25, -0.2) is 4.79 Å². The molecule has 0 saturated carbocycles. The molecule has 5 heteroatoms. The van der Waals surface area contributed by atoms with E-state index >= 15 is 0 Å². The van der Waals surface area contributed by atoms with E-state index in [9.17, 15) is 4.79 Å². The second-order valence-electron chi connectivity index (χ2n) is 3.38. The summed E-state index contributed by atoms with van der Waals surface area (Å²) in [4.78, 5) is 16.1. The van der Waals surface area contributed by atoms with Crippen LogP contribution in [0.25, 0.3) is 0 Å². The van der Waals surface area contributed by atoms with Crippen LogP contribution in [-0.2, 0) is 16.1 Å². The summed E-state index contributed by atoms with van der Waals surface area (Å²) in [6.45, 7) is 3.62. The molecule has 2 aromatic rings. The topological polar surface area (TPSA) is 39.2 Å². The molecule has 0 unspecified atom stereocenters. The summed E-state index contributed by atoms with van der Waals surface area (Å²) < 4.78 is 6.10. The smallest absolute Gasteiger partial charge is 0.330 e. The van der Waals surface area contributed by atoms with E-state index in [0.717, 1.165) is 20.7 Å². The van der Waals surface area contributed by atoms with E-state index < -0.39 is 5.97 Å². The second kappa shape index (κ2) is 6.37. The molecule has 0 spiro atoms. The Morgan fingerprint density at radius 3 is 2.83 bits per heavy atom. The number of ether oxygens (including phenoxy) is 1. The van der Waals surface area contributed by atoms with Gasteiger partial charge in [0.1, 0.15) is 6.61 Å². The fraction of sp³-hybridized carbons (Fsp3) is 0.0769. The molecule has 0 aliphatic heterocycles. The molecular weight excluding hydrogens is 266 g/mol. The van der Waals surface area contributed by atoms with Crippen molar-refractivity contribution in [3.8, 4) is 0 Å². The molecule has 1 aromatic heterocycles. The number of rotatable bonds is 5. The first kappa shape index (κ1) is 12.9. The number of thiazole rings is 1. The Labute approximate surface area is 114 Å². The minimum atomic E-state index is -0.405. The van der Waals surface area contributed by atoms with Gasteiger partial charge in [0, 0.05) is 11.0 Å². The maximum Gasteiger partial charge on any atom is 0.330 e. The van der Waals surface area contributed by atoms with Crippen molar-refractivity contribution in [2.45, 2.75) is 15.7 Å². The molecular formula is C13H11NO2S2. The molecule has 0 aliphatic carbocycles. The van der Waals surface area contributed by atoms with E-state index in [4.69, 9.17) is 4.74 Å². The Morgan fingerprint density at radius 1 is 1.44 bits per heavy atom. The Bertz CT molecular complexity index is 520. The molecule has 0 fully saturated rings. The number of benzene rings is 1. The van der Waals surface area contributed by atoms with Crippen molar-refractivity contribution in [3.63, 3.8) is 0 Å². The number of nitrogens with zero attached hydrogens (tertiary/aromatic N) is 1. The predicted molar refractivity (Wildman–Crippen MR) is 72.7 cm³/mol. The minimum Gasteiger partial charge on any atom is -0.458 e. The van der Waals surface area contributed by atoms with Crippen LogP contribution in [0, 0.1) is 0 Å². The Hall–Kier alpha value is -1.59. The van der Waals surface area contributed by atoms with Crippen LogP contribution in [0.5, 0.6) is 0 Å². The van der Waals surface area contributed by atoms with Gasteiger partial charge >= 0.3 is 5.97 Å². The van der Waals surface area contributed by atoms with Crippen molar-refractivity contribution in [1.29, 1.82) is 0 Å². The van der Waals surface area contributed by atoms with Gasteiger partial charge in [-0.2, -0.15) is 0 Å². The summed E-state index contributed by atoms with van der Waals surface area (Å²) in [5.41, 5.74) is 2.77. The minimum absolute atomic E-state index is 0.274. The normalized spacial score (nSPS) is 10.0. The average molecular weight is 277 g/mol. The van der Waals surface area contributed by atoms with E-state index in [1.807, 2.05) is 36.0 Å². The standard InChI is InChI=1S/C13H11NO2S2/c1-2-12(15)16-8-10-3-5-11(6-4-10)18-13-7-14-9-17-13/h2-7,9H,1,8H2. The van der Waals surface area contributed by atoms with Crippen molar-refractivity contribution >= 4 is 29.1 Å². The van der Waals surface area contributed by atoms with Gasteiger partial charge in [0.15, 0.2) is 0 Å². The van der Waals surface area contributed by atoms with Gasteiger partial charge < -0.3 is 4.74 Å². The first-order valence-electron chi connectivity index (χ1n) is 5.22. The van der Waals surface area contributed by atoms with E-state index in [1.54, 1.807) is 23.1 Å². The van der Waals surface area contributed by atoms with Crippen molar-refractivity contribution in [3.05, 3.63) is 54.2 Å². The lowest BCUT2D eigenvalue weighted by Crippen LogP contribution is -1.99. The maximum atomic E-state index is 10.9. The highest BCUT2D eigenvalue weighted by Gasteiger charge is 2.01. The lowest BCUT2D eigenvalue weighted by atomic mass is 10.2. The number of hydrogen-bond donors (Lipinski definition) is 0. The van der Waals surface area contributed by atoms with Crippen LogP contribution >= 0.6 is 23.1 Å². The summed E-state index contributed by atoms with van der Waals surface area (Å²) in [6, 6.07) is 7.89. The van der Waals surface area contributed by atoms with Crippen LogP contribution in [0.4, 0.5) is 0 Å². The van der Waals surface area contributed by atoms with Crippen LogP contribution in [0.15, 0.2) is 57.7 Å². The van der Waals surface area contributed by atoms with Gasteiger partial charge in [-0.3, -0.25) is 4.98 Å². The van der Waals surface area contributed by atoms with E-state index in [0.29, 0.717) is 0 Å². The van der Waals surface area contributed by atoms with Crippen LogP contribution < -0.4 is 0 Å². The Morgan fingerprint density at radius 2 is 2.22 bits per heavy atom. The van der Waals surface area contributed by atoms with Crippen LogP contribution in [0.1, 0.15) is 5.56 Å². The zero-order valence-electron chi connectivity index (χ0n) is 9.54. The Balaban J connectivity index is 1.93. The van der Waals surface area contributed by atoms with Gasteiger partial charge in [-0.05, 0) is 17.7 Å². The molecule has 2 rings (SSSR count). The zero-order chi connectivity index (χ0) is 12.8. The largest absolute Gasteiger partial charge is 0.458 e. The lowest BCUT2D eigenvalue weighted by molar-refractivity contribution is -0.138. The molecule has 0 radical (unpaired) electrons. The summed E-state index contributed by atoms with van der Waals surface area (Å²) in [5, 5.41) is 0. The van der Waals surface area contributed by atoms with Gasteiger partial charge in [0.25, 0.3) is 0 Å². The average Bonchev–Trinajstić information content (AvgIpc) is 2.90. The van der Waals surface area contributed by atoms with Gasteiger partial charge in [-0.15, -0.1) is 11.3 Å². The molecule has 3 nitrogen and oxygen atoms in total. The molecule has 0 atom stereocenters. The highest BCUT2D eigenvalue weighted by molar-refractivity contribution is 8.01. The molecule has 18 heavy (non-hydrogen) atoms. The third-order valence-electron chi connectivity index (χ3n) is 2.10. The molecule has 0 aliphatic rings. The first-order chi connectivity index (χ1) is 8.78. The molecule has 0 bridgehead atoms. The van der Waals surface area contributed by atoms with E-state index in [2.05, 4.69) is 11.6 Å². The molecule has 1 heterocycles. The molecule has 0 amide bonds. The monoisotopic (exact) mass is 277 g/mol. The van der Waals surface area contributed by atoms with E-state index in [-0.39, 0.29) is 6.61 Å². The van der Waals surface area contributed by atoms with Crippen LogP contribution in [0.2, 0.25) is 0 Å². The predicted octanol–water partition coefficient (Wildman–Crippen LogP) is 3.52. The van der Waals surface area contributed by atoms with Crippen molar-refractivity contribution < 1.29 is 9.53 Å². The van der Waals surface area contributed by atoms with Gasteiger partial charge in [-0.1, -0.05) is 30.5 Å². The zero-order valence-corrected chi connectivity index (χ0v) is 11.2. The van der Waals surface area contributed by atoms with Gasteiger partial charge in [0.05, 0.1) is 15.9 Å². The van der Waals surface area contributed by atoms with Crippen LogP contribution in [-0.4, -0.2) is 11.0 Å². The number of carbonyl (C=O) groups excluding carboxylic acids is 1. The Kier molecular flexibility index (Phi) is 4.55. The summed E-state index contributed by atoms with van der Waals surface area (Å²) in [5.74, 6) is -0.405. The van der Waals surface area contributed by atoms with E-state index in [1.165, 1.54) is 0 Å².